The van der Waals surface area contributed by atoms with Gasteiger partial charge in [-0.3, -0.25) is 4.79 Å². The van der Waals surface area contributed by atoms with Crippen LogP contribution >= 0.6 is 11.3 Å². The topological polar surface area (TPSA) is 68.0 Å². The number of hydrogen-bond donors (Lipinski definition) is 2. The van der Waals surface area contributed by atoms with Gasteiger partial charge in [0, 0.05) is 23.5 Å². The Hall–Kier alpha value is -2.06. The zero-order valence-electron chi connectivity index (χ0n) is 11.9. The average molecular weight is 299 g/mol. The molecule has 5 heteroatoms. The Kier molecular flexibility index (Phi) is 3.56. The molecule has 0 bridgehead atoms. The molecule has 0 aromatic carbocycles. The number of rotatable bonds is 3. The van der Waals surface area contributed by atoms with Crippen molar-refractivity contribution in [1.82, 2.24) is 10.3 Å². The summed E-state index contributed by atoms with van der Waals surface area (Å²) >= 11 is 1.36. The third-order valence-corrected chi connectivity index (χ3v) is 4.87. The first-order chi connectivity index (χ1) is 10.1. The van der Waals surface area contributed by atoms with Gasteiger partial charge >= 0.3 is 0 Å². The highest BCUT2D eigenvalue weighted by molar-refractivity contribution is 7.21. The number of anilines is 1. The van der Waals surface area contributed by atoms with Crippen molar-refractivity contribution in [3.05, 3.63) is 22.2 Å². The number of nitrogens with zero attached hydrogens (tertiary/aromatic N) is 1. The van der Waals surface area contributed by atoms with Crippen molar-refractivity contribution in [2.75, 3.05) is 5.73 Å². The zero-order valence-corrected chi connectivity index (χ0v) is 12.7. The van der Waals surface area contributed by atoms with E-state index in [-0.39, 0.29) is 11.9 Å². The van der Waals surface area contributed by atoms with E-state index in [0.29, 0.717) is 17.0 Å². The van der Waals surface area contributed by atoms with Crippen molar-refractivity contribution >= 4 is 33.1 Å². The summed E-state index contributed by atoms with van der Waals surface area (Å²) in [5.74, 6) is 2.37. The highest BCUT2D eigenvalue weighted by Crippen LogP contribution is 2.35. The molecule has 0 spiro atoms. The molecule has 4 nitrogen and oxygen atoms in total. The predicted octanol–water partition coefficient (Wildman–Crippen LogP) is 2.51. The van der Waals surface area contributed by atoms with Crippen LogP contribution in [0.15, 0.2) is 6.07 Å². The molecule has 3 N–H and O–H groups in total. The molecule has 2 aromatic heterocycles. The van der Waals surface area contributed by atoms with E-state index in [1.54, 1.807) is 0 Å². The van der Waals surface area contributed by atoms with Gasteiger partial charge in [0.25, 0.3) is 5.91 Å². The first-order valence-corrected chi connectivity index (χ1v) is 7.87. The molecule has 0 fully saturated rings. The molecule has 1 aliphatic carbocycles. The molecule has 1 unspecified atom stereocenters. The van der Waals surface area contributed by atoms with Crippen molar-refractivity contribution in [2.45, 2.75) is 38.6 Å². The van der Waals surface area contributed by atoms with Crippen molar-refractivity contribution in [2.24, 2.45) is 0 Å². The maximum atomic E-state index is 12.3. The van der Waals surface area contributed by atoms with Gasteiger partial charge in [-0.15, -0.1) is 23.7 Å². The van der Waals surface area contributed by atoms with Crippen LogP contribution in [-0.4, -0.2) is 16.9 Å². The number of aryl methyl sites for hydroxylation is 2. The summed E-state index contributed by atoms with van der Waals surface area (Å²) in [4.78, 5) is 18.3. The number of nitrogens with one attached hydrogen (secondary N) is 1. The number of pyridine rings is 1. The number of amides is 1. The number of thiophene rings is 1. The fraction of sp³-hybridized carbons (Fsp3) is 0.375. The van der Waals surface area contributed by atoms with Crippen LogP contribution in [0.25, 0.3) is 10.2 Å². The lowest BCUT2D eigenvalue weighted by molar-refractivity contribution is 0.0946. The van der Waals surface area contributed by atoms with Crippen LogP contribution in [0.3, 0.4) is 0 Å². The molecular weight excluding hydrogens is 282 g/mol. The van der Waals surface area contributed by atoms with Crippen molar-refractivity contribution in [3.8, 4) is 12.3 Å². The van der Waals surface area contributed by atoms with Gasteiger partial charge in [-0.05, 0) is 37.8 Å². The Morgan fingerprint density at radius 2 is 2.43 bits per heavy atom. The molecule has 1 amide bonds. The van der Waals surface area contributed by atoms with Gasteiger partial charge in [0.1, 0.15) is 9.71 Å². The highest BCUT2D eigenvalue weighted by Gasteiger charge is 2.21. The van der Waals surface area contributed by atoms with E-state index in [1.807, 2.05) is 6.92 Å². The molecule has 0 saturated carbocycles. The number of carbonyl (C=O) groups excluding carboxylic acids is 1. The number of terminal acetylenes is 1. The summed E-state index contributed by atoms with van der Waals surface area (Å²) in [5.41, 5.74) is 9.10. The summed E-state index contributed by atoms with van der Waals surface area (Å²) < 4.78 is 0. The Morgan fingerprint density at radius 3 is 3.19 bits per heavy atom. The minimum absolute atomic E-state index is 0.0647. The monoisotopic (exact) mass is 299 g/mol. The normalized spacial score (nSPS) is 14.7. The van der Waals surface area contributed by atoms with Crippen LogP contribution in [0.4, 0.5) is 5.69 Å². The molecular formula is C16H17N3OS. The largest absolute Gasteiger partial charge is 0.397 e. The van der Waals surface area contributed by atoms with E-state index in [1.165, 1.54) is 16.9 Å². The second-order valence-electron chi connectivity index (χ2n) is 5.43. The van der Waals surface area contributed by atoms with Gasteiger partial charge in [0.2, 0.25) is 0 Å². The molecule has 0 radical (unpaired) electrons. The third-order valence-electron chi connectivity index (χ3n) is 3.76. The van der Waals surface area contributed by atoms with Gasteiger partial charge < -0.3 is 11.1 Å². The van der Waals surface area contributed by atoms with Gasteiger partial charge in [0.05, 0.1) is 5.69 Å². The summed E-state index contributed by atoms with van der Waals surface area (Å²) in [7, 11) is 0. The Morgan fingerprint density at radius 1 is 1.62 bits per heavy atom. The van der Waals surface area contributed by atoms with Crippen LogP contribution in [0, 0.1) is 12.3 Å². The first-order valence-electron chi connectivity index (χ1n) is 7.05. The van der Waals surface area contributed by atoms with E-state index in [4.69, 9.17) is 12.2 Å². The third kappa shape index (κ3) is 2.47. The second kappa shape index (κ2) is 5.38. The number of carbonyl (C=O) groups is 1. The molecule has 2 aromatic rings. The van der Waals surface area contributed by atoms with E-state index in [9.17, 15) is 4.79 Å². The zero-order chi connectivity index (χ0) is 15.0. The summed E-state index contributed by atoms with van der Waals surface area (Å²) in [6.07, 6.45) is 8.98. The Balaban J connectivity index is 1.95. The van der Waals surface area contributed by atoms with Crippen LogP contribution in [0.2, 0.25) is 0 Å². The number of fused-ring (bicyclic) bond motifs is 2. The predicted molar refractivity (Wildman–Crippen MR) is 86.4 cm³/mol. The smallest absolute Gasteiger partial charge is 0.263 e. The lowest BCUT2D eigenvalue weighted by Gasteiger charge is -2.09. The average Bonchev–Trinajstić information content (AvgIpc) is 3.01. The number of aromatic nitrogens is 1. The van der Waals surface area contributed by atoms with Crippen LogP contribution in [-0.2, 0) is 12.8 Å². The molecule has 0 aliphatic heterocycles. The Labute approximate surface area is 127 Å². The molecule has 0 saturated heterocycles. The van der Waals surface area contributed by atoms with Crippen molar-refractivity contribution in [3.63, 3.8) is 0 Å². The number of nitrogen functional groups attached to an aromatic ring is 1. The quantitative estimate of drug-likeness (QED) is 0.856. The number of hydrogen-bond acceptors (Lipinski definition) is 4. The van der Waals surface area contributed by atoms with E-state index in [2.05, 4.69) is 22.3 Å². The summed E-state index contributed by atoms with van der Waals surface area (Å²) in [5, 5.41) is 3.78. The maximum absolute atomic E-state index is 12.3. The van der Waals surface area contributed by atoms with Crippen LogP contribution in [0.5, 0.6) is 0 Å². The van der Waals surface area contributed by atoms with Gasteiger partial charge in [-0.25, -0.2) is 4.98 Å². The molecule has 1 atom stereocenters. The minimum atomic E-state index is -0.168. The van der Waals surface area contributed by atoms with E-state index in [0.717, 1.165) is 35.2 Å². The van der Waals surface area contributed by atoms with Gasteiger partial charge in [-0.2, -0.15) is 0 Å². The number of nitrogens with two attached hydrogens (primary N) is 1. The lowest BCUT2D eigenvalue weighted by atomic mass is 10.1. The SMILES string of the molecule is C#CCC(C)NC(=O)c1sc2nc3c(cc2c1N)CCC3. The second-order valence-corrected chi connectivity index (χ2v) is 6.43. The van der Waals surface area contributed by atoms with Crippen LogP contribution in [0.1, 0.15) is 40.7 Å². The van der Waals surface area contributed by atoms with Crippen molar-refractivity contribution in [1.29, 1.82) is 0 Å². The lowest BCUT2D eigenvalue weighted by Crippen LogP contribution is -2.32. The van der Waals surface area contributed by atoms with Crippen molar-refractivity contribution < 1.29 is 4.79 Å². The van der Waals surface area contributed by atoms with Gasteiger partial charge in [-0.1, -0.05) is 0 Å². The maximum Gasteiger partial charge on any atom is 0.263 e. The summed E-state index contributed by atoms with van der Waals surface area (Å²) in [6.45, 7) is 1.88. The fourth-order valence-corrected chi connectivity index (χ4v) is 3.68. The first kappa shape index (κ1) is 13.9. The summed E-state index contributed by atoms with van der Waals surface area (Å²) in [6, 6.07) is 2.03. The molecule has 3 rings (SSSR count). The van der Waals surface area contributed by atoms with E-state index >= 15 is 0 Å². The fourth-order valence-electron chi connectivity index (χ4n) is 2.68. The van der Waals surface area contributed by atoms with Crippen LogP contribution < -0.4 is 11.1 Å². The standard InChI is InChI=1S/C16H17N3OS/c1-3-5-9(2)18-15(20)14-13(17)11-8-10-6-4-7-12(10)19-16(11)21-14/h1,8-9H,4-7,17H2,2H3,(H,18,20). The Bertz CT molecular complexity index is 757. The molecule has 1 aliphatic rings. The van der Waals surface area contributed by atoms with E-state index < -0.39 is 0 Å². The van der Waals surface area contributed by atoms with Gasteiger partial charge in [0.15, 0.2) is 0 Å². The molecule has 108 valence electrons. The minimum Gasteiger partial charge on any atom is -0.397 e. The molecule has 2 heterocycles. The highest BCUT2D eigenvalue weighted by atomic mass is 32.1. The molecule has 21 heavy (non-hydrogen) atoms.